The minimum Gasteiger partial charge on any atom is -0.467 e. The molecule has 3 aromatic rings. The van der Waals surface area contributed by atoms with E-state index in [9.17, 15) is 9.59 Å². The summed E-state index contributed by atoms with van der Waals surface area (Å²) in [5.41, 5.74) is 3.75. The molecule has 1 aromatic carbocycles. The van der Waals surface area contributed by atoms with Gasteiger partial charge in [-0.1, -0.05) is 44.2 Å². The molecule has 8 heteroatoms. The van der Waals surface area contributed by atoms with Gasteiger partial charge in [0.25, 0.3) is 5.91 Å². The van der Waals surface area contributed by atoms with Gasteiger partial charge in [0.15, 0.2) is 5.78 Å². The van der Waals surface area contributed by atoms with Crippen LogP contribution in [0.3, 0.4) is 0 Å². The molecule has 35 heavy (non-hydrogen) atoms. The zero-order valence-electron chi connectivity index (χ0n) is 20.5. The fourth-order valence-electron chi connectivity index (χ4n) is 4.56. The molecule has 0 spiro atoms. The molecule has 4 rings (SSSR count). The second-order valence-electron chi connectivity index (χ2n) is 8.67. The lowest BCUT2D eigenvalue weighted by atomic mass is 9.92. The number of methoxy groups -OCH3 is 1. The van der Waals surface area contributed by atoms with Gasteiger partial charge in [-0.05, 0) is 36.0 Å². The zero-order valence-corrected chi connectivity index (χ0v) is 20.5. The molecule has 1 N–H and O–H groups in total. The highest BCUT2D eigenvalue weighted by Crippen LogP contribution is 2.28. The maximum absolute atomic E-state index is 13.5. The third kappa shape index (κ3) is 5.43. The number of ether oxygens (including phenoxy) is 2. The van der Waals surface area contributed by atoms with Crippen molar-refractivity contribution in [3.63, 3.8) is 0 Å². The number of ketones is 1. The summed E-state index contributed by atoms with van der Waals surface area (Å²) >= 11 is 0. The van der Waals surface area contributed by atoms with Gasteiger partial charge in [0.1, 0.15) is 0 Å². The fourth-order valence-corrected chi connectivity index (χ4v) is 4.56. The lowest BCUT2D eigenvalue weighted by Crippen LogP contribution is -2.29. The molecule has 1 aliphatic rings. The Balaban J connectivity index is 1.57. The van der Waals surface area contributed by atoms with Crippen LogP contribution < -0.4 is 10.1 Å². The molecule has 1 amide bonds. The van der Waals surface area contributed by atoms with Gasteiger partial charge in [-0.15, -0.1) is 0 Å². The SMILES string of the molecule is CCC(CC(=O)c1cc(C(=O)N[C@H](CC)c2ccccc2)c2n1CCOC2)c1cnc(OC)nc1. The normalized spacial score (nSPS) is 14.6. The molecule has 1 aliphatic heterocycles. The van der Waals surface area contributed by atoms with Crippen LogP contribution in [0.25, 0.3) is 0 Å². The summed E-state index contributed by atoms with van der Waals surface area (Å²) in [4.78, 5) is 35.2. The van der Waals surface area contributed by atoms with Gasteiger partial charge in [-0.3, -0.25) is 9.59 Å². The number of benzene rings is 1. The van der Waals surface area contributed by atoms with Gasteiger partial charge < -0.3 is 19.4 Å². The van der Waals surface area contributed by atoms with Crippen molar-refractivity contribution in [2.24, 2.45) is 0 Å². The first kappa shape index (κ1) is 24.6. The maximum Gasteiger partial charge on any atom is 0.316 e. The molecule has 1 unspecified atom stereocenters. The molecule has 184 valence electrons. The summed E-state index contributed by atoms with van der Waals surface area (Å²) in [5, 5.41) is 3.14. The first-order valence-corrected chi connectivity index (χ1v) is 12.1. The second kappa shape index (κ2) is 11.3. The number of amides is 1. The molecule has 0 saturated heterocycles. The van der Waals surface area contributed by atoms with Gasteiger partial charge in [0.05, 0.1) is 43.3 Å². The molecule has 0 fully saturated rings. The number of hydrogen-bond donors (Lipinski definition) is 1. The van der Waals surface area contributed by atoms with Crippen LogP contribution in [0.5, 0.6) is 6.01 Å². The Morgan fingerprint density at radius 1 is 1.11 bits per heavy atom. The number of fused-ring (bicyclic) bond motifs is 1. The number of nitrogens with zero attached hydrogens (tertiary/aromatic N) is 3. The Labute approximate surface area is 205 Å². The summed E-state index contributed by atoms with van der Waals surface area (Å²) in [6.45, 7) is 5.44. The van der Waals surface area contributed by atoms with Crippen molar-refractivity contribution in [2.75, 3.05) is 13.7 Å². The molecular formula is C27H32N4O4. The Bertz CT molecular complexity index is 1160. The van der Waals surface area contributed by atoms with E-state index >= 15 is 0 Å². The number of carbonyl (C=O) groups excluding carboxylic acids is 2. The molecule has 0 bridgehead atoms. The highest BCUT2D eigenvalue weighted by molar-refractivity contribution is 6.01. The van der Waals surface area contributed by atoms with E-state index in [1.165, 1.54) is 7.11 Å². The van der Waals surface area contributed by atoms with Gasteiger partial charge in [-0.25, -0.2) is 9.97 Å². The van der Waals surface area contributed by atoms with E-state index in [-0.39, 0.29) is 23.7 Å². The molecule has 2 atom stereocenters. The standard InChI is InChI=1S/C27H32N4O4/c1-4-18(20-15-28-27(34-3)29-16-20)13-25(32)23-14-21(24-17-35-12-11-31(23)24)26(33)30-22(5-2)19-9-7-6-8-10-19/h6-10,14-16,18,22H,4-5,11-13,17H2,1-3H3,(H,30,33)/t18?,22-/m1/s1. The average Bonchev–Trinajstić information content (AvgIpc) is 3.31. The van der Waals surface area contributed by atoms with Gasteiger partial charge in [0.2, 0.25) is 0 Å². The number of aromatic nitrogens is 3. The minimum atomic E-state index is -0.190. The summed E-state index contributed by atoms with van der Waals surface area (Å²) in [6.07, 6.45) is 5.25. The van der Waals surface area contributed by atoms with Crippen molar-refractivity contribution in [1.29, 1.82) is 0 Å². The van der Waals surface area contributed by atoms with Crippen LogP contribution in [-0.2, 0) is 17.9 Å². The average molecular weight is 477 g/mol. The second-order valence-corrected chi connectivity index (χ2v) is 8.67. The molecule has 0 saturated carbocycles. The van der Waals surface area contributed by atoms with E-state index in [1.54, 1.807) is 18.5 Å². The third-order valence-electron chi connectivity index (χ3n) is 6.58. The Morgan fingerprint density at radius 2 is 1.86 bits per heavy atom. The van der Waals surface area contributed by atoms with Crippen molar-refractivity contribution in [3.8, 4) is 6.01 Å². The zero-order chi connectivity index (χ0) is 24.8. The summed E-state index contributed by atoms with van der Waals surface area (Å²) in [6, 6.07) is 11.8. The molecule has 3 heterocycles. The third-order valence-corrected chi connectivity index (χ3v) is 6.58. The van der Waals surface area contributed by atoms with E-state index in [4.69, 9.17) is 9.47 Å². The van der Waals surface area contributed by atoms with Gasteiger partial charge in [-0.2, -0.15) is 0 Å². The largest absolute Gasteiger partial charge is 0.467 e. The maximum atomic E-state index is 13.5. The van der Waals surface area contributed by atoms with Gasteiger partial charge >= 0.3 is 6.01 Å². The van der Waals surface area contributed by atoms with Gasteiger partial charge in [0, 0.05) is 25.4 Å². The Morgan fingerprint density at radius 3 is 2.51 bits per heavy atom. The van der Waals surface area contributed by atoms with E-state index in [0.717, 1.165) is 29.7 Å². The van der Waals surface area contributed by atoms with Crippen molar-refractivity contribution >= 4 is 11.7 Å². The van der Waals surface area contributed by atoms with E-state index in [2.05, 4.69) is 15.3 Å². The van der Waals surface area contributed by atoms with Crippen molar-refractivity contribution in [3.05, 3.63) is 76.9 Å². The van der Waals surface area contributed by atoms with E-state index in [0.29, 0.717) is 43.4 Å². The molecule has 2 aromatic heterocycles. The smallest absolute Gasteiger partial charge is 0.316 e. The van der Waals surface area contributed by atoms with Crippen LogP contribution in [0.15, 0.2) is 48.8 Å². The fraction of sp³-hybridized carbons (Fsp3) is 0.407. The Kier molecular flexibility index (Phi) is 7.92. The number of hydrogen-bond acceptors (Lipinski definition) is 6. The quantitative estimate of drug-likeness (QED) is 0.434. The first-order chi connectivity index (χ1) is 17.0. The van der Waals surface area contributed by atoms with E-state index in [1.807, 2.05) is 48.7 Å². The van der Waals surface area contributed by atoms with Crippen molar-refractivity contribution < 1.29 is 19.1 Å². The summed E-state index contributed by atoms with van der Waals surface area (Å²) in [7, 11) is 1.52. The lowest BCUT2D eigenvalue weighted by molar-refractivity contribution is 0.0780. The highest BCUT2D eigenvalue weighted by atomic mass is 16.5. The molecule has 8 nitrogen and oxygen atoms in total. The predicted molar refractivity (Wildman–Crippen MR) is 132 cm³/mol. The number of nitrogens with one attached hydrogen (secondary N) is 1. The van der Waals surface area contributed by atoms with E-state index < -0.39 is 0 Å². The van der Waals surface area contributed by atoms with Crippen LogP contribution in [0.2, 0.25) is 0 Å². The Hall–Kier alpha value is -3.52. The first-order valence-electron chi connectivity index (χ1n) is 12.1. The molecule has 0 aliphatic carbocycles. The van der Waals surface area contributed by atoms with Crippen LogP contribution in [0.1, 0.15) is 82.7 Å². The summed E-state index contributed by atoms with van der Waals surface area (Å²) < 4.78 is 12.6. The van der Waals surface area contributed by atoms with Crippen molar-refractivity contribution in [2.45, 2.75) is 58.2 Å². The molecule has 0 radical (unpaired) electrons. The molecular weight excluding hydrogens is 444 g/mol. The predicted octanol–water partition coefficient (Wildman–Crippen LogP) is 4.46. The number of rotatable bonds is 10. The van der Waals surface area contributed by atoms with Crippen molar-refractivity contribution in [1.82, 2.24) is 19.9 Å². The van der Waals surface area contributed by atoms with Crippen LogP contribution >= 0.6 is 0 Å². The monoisotopic (exact) mass is 476 g/mol. The minimum absolute atomic E-state index is 0.00929. The summed E-state index contributed by atoms with van der Waals surface area (Å²) in [5.74, 6) is -0.228. The lowest BCUT2D eigenvalue weighted by Gasteiger charge is -2.21. The van der Waals surface area contributed by atoms with Crippen LogP contribution in [-0.4, -0.2) is 39.9 Å². The highest BCUT2D eigenvalue weighted by Gasteiger charge is 2.28. The van der Waals surface area contributed by atoms with Crippen LogP contribution in [0, 0.1) is 0 Å². The van der Waals surface area contributed by atoms with Crippen LogP contribution in [0.4, 0.5) is 0 Å². The topological polar surface area (TPSA) is 95.3 Å². The number of carbonyl (C=O) groups is 2. The number of Topliss-reactive ketones (excluding diaryl/α,β-unsaturated/α-hetero) is 1.